The van der Waals surface area contributed by atoms with Crippen molar-refractivity contribution in [3.8, 4) is 0 Å². The van der Waals surface area contributed by atoms with Gasteiger partial charge in [-0.3, -0.25) is 14.6 Å². The van der Waals surface area contributed by atoms with Gasteiger partial charge in [0.25, 0.3) is 5.91 Å². The quantitative estimate of drug-likeness (QED) is 0.470. The van der Waals surface area contributed by atoms with Crippen LogP contribution >= 0.6 is 0 Å². The minimum atomic E-state index is -0.809. The third-order valence-corrected chi connectivity index (χ3v) is 6.13. The van der Waals surface area contributed by atoms with Gasteiger partial charge in [0, 0.05) is 35.4 Å². The number of hydrogen-bond acceptors (Lipinski definition) is 4. The summed E-state index contributed by atoms with van der Waals surface area (Å²) in [6, 6.07) is 6.50. The number of aliphatic imine (C=N–C) groups is 1. The zero-order chi connectivity index (χ0) is 24.9. The molecule has 2 heterocycles. The second-order valence-corrected chi connectivity index (χ2v) is 8.66. The summed E-state index contributed by atoms with van der Waals surface area (Å²) < 4.78 is 1.79. The number of aromatic nitrogens is 2. The summed E-state index contributed by atoms with van der Waals surface area (Å²) in [5.41, 5.74) is 4.99. The molecule has 1 aliphatic heterocycles. The van der Waals surface area contributed by atoms with Gasteiger partial charge in [0.15, 0.2) is 0 Å². The number of rotatable bonds is 6. The molecular weight excluding hydrogens is 438 g/mol. The monoisotopic (exact) mass is 467 g/mol. The first-order valence-corrected chi connectivity index (χ1v) is 11.5. The van der Waals surface area contributed by atoms with E-state index in [4.69, 9.17) is 5.10 Å². The number of benzene rings is 1. The van der Waals surface area contributed by atoms with Crippen LogP contribution in [-0.4, -0.2) is 34.4 Å². The number of anilines is 1. The van der Waals surface area contributed by atoms with Gasteiger partial charge in [-0.15, -0.1) is 0 Å². The molecule has 0 fully saturated rings. The number of aryl methyl sites for hydroxylation is 2. The molecule has 35 heavy (non-hydrogen) atoms. The first kappa shape index (κ1) is 23.9. The number of hydrogen-bond donors (Lipinski definition) is 2. The van der Waals surface area contributed by atoms with Crippen LogP contribution in [0.25, 0.3) is 5.70 Å². The SMILES string of the molecule is C=N/C=C\C=C(/C)[C@H]1c2c(C)nn(C3=CC=CC=CC3)c2NC(=O)[C@@H]1NC(=O)c1cccc(C)c1. The van der Waals surface area contributed by atoms with Crippen LogP contribution in [0.4, 0.5) is 5.82 Å². The summed E-state index contributed by atoms with van der Waals surface area (Å²) in [6.07, 6.45) is 15.9. The molecule has 1 aromatic heterocycles. The number of amides is 2. The molecule has 2 amide bonds. The standard InChI is InChI=1S/C28H29N5O2/c1-18-11-9-13-21(17-18)27(34)30-25-23(19(2)12-10-16-29-4)24-20(3)32-33(26(24)31-28(25)35)22-14-7-5-6-8-15-22/h5-14,16-17,23,25H,4,15H2,1-3H3,(H,30,34)(H,31,35)/b16-10-,19-12+/t23-,25+/m0/s1. The van der Waals surface area contributed by atoms with Crippen molar-refractivity contribution in [2.75, 3.05) is 5.32 Å². The van der Waals surface area contributed by atoms with Gasteiger partial charge in [-0.25, -0.2) is 4.68 Å². The highest BCUT2D eigenvalue weighted by molar-refractivity contribution is 6.04. The number of carbonyl (C=O) groups excluding carboxylic acids is 2. The maximum absolute atomic E-state index is 13.5. The summed E-state index contributed by atoms with van der Waals surface area (Å²) in [5.74, 6) is -0.367. The van der Waals surface area contributed by atoms with Crippen LogP contribution in [0.1, 0.15) is 46.4 Å². The van der Waals surface area contributed by atoms with Gasteiger partial charge in [0.05, 0.1) is 5.69 Å². The van der Waals surface area contributed by atoms with Gasteiger partial charge in [0.2, 0.25) is 5.91 Å². The minimum absolute atomic E-state index is 0.288. The molecule has 4 rings (SSSR count). The Morgan fingerprint density at radius 2 is 2.11 bits per heavy atom. The van der Waals surface area contributed by atoms with Crippen LogP contribution in [0.2, 0.25) is 0 Å². The molecule has 7 nitrogen and oxygen atoms in total. The van der Waals surface area contributed by atoms with E-state index < -0.39 is 12.0 Å². The Balaban J connectivity index is 1.79. The third-order valence-electron chi connectivity index (χ3n) is 6.13. The van der Waals surface area contributed by atoms with Gasteiger partial charge >= 0.3 is 0 Å². The Bertz CT molecular complexity index is 1320. The number of allylic oxidation sites excluding steroid dienone is 8. The average Bonchev–Trinajstić information content (AvgIpc) is 3.00. The van der Waals surface area contributed by atoms with E-state index >= 15 is 0 Å². The fraction of sp³-hybridized carbons (Fsp3) is 0.214. The van der Waals surface area contributed by atoms with Crippen LogP contribution in [-0.2, 0) is 4.79 Å². The number of nitrogens with one attached hydrogen (secondary N) is 2. The number of fused-ring (bicyclic) bond motifs is 1. The highest BCUT2D eigenvalue weighted by Crippen LogP contribution is 2.41. The second-order valence-electron chi connectivity index (χ2n) is 8.66. The summed E-state index contributed by atoms with van der Waals surface area (Å²) in [7, 11) is 0. The minimum Gasteiger partial charge on any atom is -0.339 e. The van der Waals surface area contributed by atoms with Gasteiger partial charge in [0.1, 0.15) is 11.9 Å². The van der Waals surface area contributed by atoms with E-state index in [1.807, 2.05) is 69.4 Å². The van der Waals surface area contributed by atoms with Crippen molar-refractivity contribution in [1.82, 2.24) is 15.1 Å². The molecule has 0 saturated carbocycles. The van der Waals surface area contributed by atoms with E-state index in [0.717, 1.165) is 28.1 Å². The van der Waals surface area contributed by atoms with E-state index in [2.05, 4.69) is 22.3 Å². The van der Waals surface area contributed by atoms with E-state index in [1.165, 1.54) is 0 Å². The lowest BCUT2D eigenvalue weighted by Crippen LogP contribution is -2.50. The fourth-order valence-electron chi connectivity index (χ4n) is 4.49. The molecule has 0 bridgehead atoms. The number of nitrogens with zero attached hydrogens (tertiary/aromatic N) is 3. The molecule has 2 atom stereocenters. The van der Waals surface area contributed by atoms with Crippen LogP contribution in [0, 0.1) is 13.8 Å². The normalized spacial score (nSPS) is 19.7. The van der Waals surface area contributed by atoms with Gasteiger partial charge in [-0.1, -0.05) is 53.6 Å². The Morgan fingerprint density at radius 3 is 2.89 bits per heavy atom. The fourth-order valence-corrected chi connectivity index (χ4v) is 4.49. The van der Waals surface area contributed by atoms with Gasteiger partial charge in [-0.2, -0.15) is 5.10 Å². The zero-order valence-electron chi connectivity index (χ0n) is 20.2. The lowest BCUT2D eigenvalue weighted by molar-refractivity contribution is -0.118. The van der Waals surface area contributed by atoms with E-state index in [1.54, 1.807) is 29.1 Å². The lowest BCUT2D eigenvalue weighted by Gasteiger charge is -2.33. The smallest absolute Gasteiger partial charge is 0.251 e. The topological polar surface area (TPSA) is 88.4 Å². The second kappa shape index (κ2) is 10.3. The molecule has 2 aliphatic rings. The molecular formula is C28H29N5O2. The molecule has 1 aromatic carbocycles. The molecule has 178 valence electrons. The Hall–Kier alpha value is -4.26. The first-order chi connectivity index (χ1) is 16.9. The molecule has 0 spiro atoms. The first-order valence-electron chi connectivity index (χ1n) is 11.5. The van der Waals surface area contributed by atoms with E-state index in [0.29, 0.717) is 17.8 Å². The Labute approximate surface area is 205 Å². The Kier molecular flexibility index (Phi) is 7.06. The van der Waals surface area contributed by atoms with Crippen molar-refractivity contribution >= 4 is 30.0 Å². The van der Waals surface area contributed by atoms with Gasteiger partial charge in [-0.05, 0) is 51.8 Å². The van der Waals surface area contributed by atoms with Crippen molar-refractivity contribution in [3.63, 3.8) is 0 Å². The highest BCUT2D eigenvalue weighted by Gasteiger charge is 2.41. The molecule has 2 N–H and O–H groups in total. The Morgan fingerprint density at radius 1 is 1.29 bits per heavy atom. The summed E-state index contributed by atoms with van der Waals surface area (Å²) in [6.45, 7) is 9.27. The van der Waals surface area contributed by atoms with Crippen LogP contribution in [0.5, 0.6) is 0 Å². The van der Waals surface area contributed by atoms with Crippen molar-refractivity contribution in [2.45, 2.75) is 39.2 Å². The largest absolute Gasteiger partial charge is 0.339 e. The molecule has 7 heteroatoms. The zero-order valence-corrected chi connectivity index (χ0v) is 20.2. The summed E-state index contributed by atoms with van der Waals surface area (Å²) >= 11 is 0. The predicted octanol–water partition coefficient (Wildman–Crippen LogP) is 4.85. The van der Waals surface area contributed by atoms with Gasteiger partial charge < -0.3 is 10.6 Å². The van der Waals surface area contributed by atoms with Crippen LogP contribution in [0.3, 0.4) is 0 Å². The van der Waals surface area contributed by atoms with Crippen LogP contribution < -0.4 is 10.6 Å². The summed E-state index contributed by atoms with van der Waals surface area (Å²) in [5, 5.41) is 10.8. The van der Waals surface area contributed by atoms with E-state index in [-0.39, 0.29) is 11.8 Å². The van der Waals surface area contributed by atoms with Crippen molar-refractivity contribution in [3.05, 3.63) is 101 Å². The average molecular weight is 468 g/mol. The summed E-state index contributed by atoms with van der Waals surface area (Å²) in [4.78, 5) is 30.4. The van der Waals surface area contributed by atoms with Crippen molar-refractivity contribution < 1.29 is 9.59 Å². The highest BCUT2D eigenvalue weighted by atomic mass is 16.2. The molecule has 1 aliphatic carbocycles. The molecule has 0 unspecified atom stereocenters. The molecule has 2 aromatic rings. The molecule has 0 radical (unpaired) electrons. The van der Waals surface area contributed by atoms with Crippen molar-refractivity contribution in [1.29, 1.82) is 0 Å². The number of carbonyl (C=O) groups is 2. The van der Waals surface area contributed by atoms with Crippen molar-refractivity contribution in [2.24, 2.45) is 4.99 Å². The maximum Gasteiger partial charge on any atom is 0.251 e. The third kappa shape index (κ3) is 4.99. The van der Waals surface area contributed by atoms with E-state index in [9.17, 15) is 9.59 Å². The predicted molar refractivity (Wildman–Crippen MR) is 140 cm³/mol. The molecule has 0 saturated heterocycles. The lowest BCUT2D eigenvalue weighted by atomic mass is 9.82. The van der Waals surface area contributed by atoms with Crippen LogP contribution in [0.15, 0.2) is 83.6 Å². The maximum atomic E-state index is 13.5.